The maximum absolute atomic E-state index is 5.82. The minimum atomic E-state index is 0.385. The van der Waals surface area contributed by atoms with Crippen LogP contribution in [0.3, 0.4) is 0 Å². The number of nitrogens with two attached hydrogens (primary N) is 1. The van der Waals surface area contributed by atoms with Crippen molar-refractivity contribution in [2.24, 2.45) is 5.92 Å². The number of aromatic nitrogens is 2. The van der Waals surface area contributed by atoms with Crippen molar-refractivity contribution in [1.29, 1.82) is 0 Å². The summed E-state index contributed by atoms with van der Waals surface area (Å²) in [5, 5.41) is 0. The summed E-state index contributed by atoms with van der Waals surface area (Å²) in [4.78, 5) is 10.6. The van der Waals surface area contributed by atoms with Crippen LogP contribution in [-0.4, -0.2) is 21.9 Å². The first-order valence-electron chi connectivity index (χ1n) is 4.90. The number of nitrogens with zero attached hydrogens (tertiary/aromatic N) is 3. The molecular formula is C10H16N4. The van der Waals surface area contributed by atoms with Gasteiger partial charge in [0.25, 0.3) is 0 Å². The molecule has 0 aliphatic carbocycles. The Morgan fingerprint density at radius 3 is 2.86 bits per heavy atom. The molecule has 1 aromatic rings. The van der Waals surface area contributed by atoms with Gasteiger partial charge in [-0.3, -0.25) is 4.90 Å². The molecule has 4 heteroatoms. The minimum absolute atomic E-state index is 0.385. The highest BCUT2D eigenvalue weighted by Crippen LogP contribution is 2.37. The number of hydrogen-bond donors (Lipinski definition) is 1. The summed E-state index contributed by atoms with van der Waals surface area (Å²) in [5.74, 6) is 1.18. The molecule has 0 saturated heterocycles. The van der Waals surface area contributed by atoms with Gasteiger partial charge in [0.05, 0.1) is 11.7 Å². The van der Waals surface area contributed by atoms with Gasteiger partial charge >= 0.3 is 0 Å². The summed E-state index contributed by atoms with van der Waals surface area (Å²) in [5.41, 5.74) is 8.03. The van der Waals surface area contributed by atoms with E-state index in [1.807, 2.05) is 0 Å². The third-order valence-electron chi connectivity index (χ3n) is 2.81. The molecule has 2 N–H and O–H groups in total. The monoisotopic (exact) mass is 192 g/mol. The van der Waals surface area contributed by atoms with Gasteiger partial charge in [0.2, 0.25) is 0 Å². The summed E-state index contributed by atoms with van der Waals surface area (Å²) >= 11 is 0. The van der Waals surface area contributed by atoms with E-state index in [1.54, 1.807) is 6.33 Å². The van der Waals surface area contributed by atoms with Gasteiger partial charge in [-0.1, -0.05) is 13.8 Å². The molecule has 0 aromatic carbocycles. The topological polar surface area (TPSA) is 55.0 Å². The van der Waals surface area contributed by atoms with Crippen LogP contribution in [-0.2, 0) is 6.54 Å². The van der Waals surface area contributed by atoms with E-state index >= 15 is 0 Å². The van der Waals surface area contributed by atoms with Crippen molar-refractivity contribution in [2.45, 2.75) is 26.4 Å². The lowest BCUT2D eigenvalue weighted by Crippen LogP contribution is -2.21. The van der Waals surface area contributed by atoms with Gasteiger partial charge in [-0.2, -0.15) is 0 Å². The Hall–Kier alpha value is -1.16. The summed E-state index contributed by atoms with van der Waals surface area (Å²) in [6.45, 7) is 5.27. The van der Waals surface area contributed by atoms with Crippen LogP contribution in [0.4, 0.5) is 5.82 Å². The average molecular weight is 192 g/mol. The first-order valence-corrected chi connectivity index (χ1v) is 4.90. The van der Waals surface area contributed by atoms with Crippen molar-refractivity contribution in [3.8, 4) is 0 Å². The first kappa shape index (κ1) is 9.40. The Morgan fingerprint density at radius 2 is 2.21 bits per heavy atom. The van der Waals surface area contributed by atoms with E-state index in [9.17, 15) is 0 Å². The van der Waals surface area contributed by atoms with Gasteiger partial charge < -0.3 is 5.73 Å². The number of fused-ring (bicyclic) bond motifs is 1. The molecule has 1 aliphatic rings. The highest BCUT2D eigenvalue weighted by Gasteiger charge is 2.32. The smallest absolute Gasteiger partial charge is 0.131 e. The van der Waals surface area contributed by atoms with Gasteiger partial charge in [-0.15, -0.1) is 0 Å². The summed E-state index contributed by atoms with van der Waals surface area (Å²) in [6.07, 6.45) is 1.56. The van der Waals surface area contributed by atoms with E-state index in [4.69, 9.17) is 5.73 Å². The Balaban J connectivity index is 2.47. The molecule has 0 spiro atoms. The molecule has 1 unspecified atom stereocenters. The van der Waals surface area contributed by atoms with Crippen LogP contribution < -0.4 is 5.73 Å². The van der Waals surface area contributed by atoms with Crippen LogP contribution in [0.15, 0.2) is 6.33 Å². The molecule has 1 aliphatic heterocycles. The zero-order valence-electron chi connectivity index (χ0n) is 8.86. The average Bonchev–Trinajstić information content (AvgIpc) is 2.42. The largest absolute Gasteiger partial charge is 0.383 e. The fourth-order valence-electron chi connectivity index (χ4n) is 2.24. The second-order valence-corrected chi connectivity index (χ2v) is 4.23. The minimum Gasteiger partial charge on any atom is -0.383 e. The molecule has 0 bridgehead atoms. The second-order valence-electron chi connectivity index (χ2n) is 4.23. The molecule has 1 atom stereocenters. The molecule has 0 radical (unpaired) electrons. The Morgan fingerprint density at radius 1 is 1.50 bits per heavy atom. The van der Waals surface area contributed by atoms with Crippen LogP contribution in [0, 0.1) is 5.92 Å². The van der Waals surface area contributed by atoms with Crippen molar-refractivity contribution < 1.29 is 0 Å². The summed E-state index contributed by atoms with van der Waals surface area (Å²) in [6, 6.07) is 0.385. The quantitative estimate of drug-likeness (QED) is 0.726. The fourth-order valence-corrected chi connectivity index (χ4v) is 2.24. The van der Waals surface area contributed by atoms with Crippen LogP contribution in [0.25, 0.3) is 0 Å². The maximum atomic E-state index is 5.82. The van der Waals surface area contributed by atoms with Gasteiger partial charge in [0.1, 0.15) is 12.1 Å². The van der Waals surface area contributed by atoms with Crippen molar-refractivity contribution in [2.75, 3.05) is 12.8 Å². The van der Waals surface area contributed by atoms with Crippen molar-refractivity contribution in [1.82, 2.24) is 14.9 Å². The summed E-state index contributed by atoms with van der Waals surface area (Å²) in [7, 11) is 2.10. The van der Waals surface area contributed by atoms with Gasteiger partial charge in [0, 0.05) is 12.1 Å². The highest BCUT2D eigenvalue weighted by atomic mass is 15.2. The van der Waals surface area contributed by atoms with Gasteiger partial charge in [0.15, 0.2) is 0 Å². The molecule has 0 saturated carbocycles. The van der Waals surface area contributed by atoms with Gasteiger partial charge in [-0.05, 0) is 13.0 Å². The molecule has 0 amide bonds. The maximum Gasteiger partial charge on any atom is 0.131 e. The van der Waals surface area contributed by atoms with Crippen LogP contribution >= 0.6 is 0 Å². The predicted octanol–water partition coefficient (Wildman–Crippen LogP) is 1.20. The fraction of sp³-hybridized carbons (Fsp3) is 0.600. The van der Waals surface area contributed by atoms with Crippen LogP contribution in [0.1, 0.15) is 31.1 Å². The third kappa shape index (κ3) is 1.26. The van der Waals surface area contributed by atoms with Crippen LogP contribution in [0.2, 0.25) is 0 Å². The number of nitrogen functional groups attached to an aromatic ring is 1. The Bertz CT molecular complexity index is 348. The van der Waals surface area contributed by atoms with E-state index in [0.717, 1.165) is 17.8 Å². The van der Waals surface area contributed by atoms with Crippen molar-refractivity contribution in [3.63, 3.8) is 0 Å². The van der Waals surface area contributed by atoms with Crippen molar-refractivity contribution in [3.05, 3.63) is 17.6 Å². The van der Waals surface area contributed by atoms with Crippen molar-refractivity contribution >= 4 is 5.82 Å². The molecular weight excluding hydrogens is 176 g/mol. The van der Waals surface area contributed by atoms with E-state index < -0.39 is 0 Å². The second kappa shape index (κ2) is 3.20. The van der Waals surface area contributed by atoms with E-state index in [1.165, 1.54) is 0 Å². The SMILES string of the molecule is CC(C)C1c2ncnc(N)c2CN1C. The summed E-state index contributed by atoms with van der Waals surface area (Å²) < 4.78 is 0. The Labute approximate surface area is 84.2 Å². The third-order valence-corrected chi connectivity index (χ3v) is 2.81. The zero-order chi connectivity index (χ0) is 10.3. The Kier molecular flexibility index (Phi) is 2.15. The molecule has 2 rings (SSSR count). The lowest BCUT2D eigenvalue weighted by atomic mass is 10.0. The lowest BCUT2D eigenvalue weighted by Gasteiger charge is -2.22. The standard InChI is InChI=1S/C10H16N4/c1-6(2)9-8-7(4-14(9)3)10(11)13-5-12-8/h5-6,9H,4H2,1-3H3,(H2,11,12,13). The number of anilines is 1. The molecule has 1 aromatic heterocycles. The lowest BCUT2D eigenvalue weighted by molar-refractivity contribution is 0.211. The molecule has 4 nitrogen and oxygen atoms in total. The predicted molar refractivity (Wildman–Crippen MR) is 55.5 cm³/mol. The van der Waals surface area contributed by atoms with Gasteiger partial charge in [-0.25, -0.2) is 9.97 Å². The number of hydrogen-bond acceptors (Lipinski definition) is 4. The molecule has 14 heavy (non-hydrogen) atoms. The zero-order valence-corrected chi connectivity index (χ0v) is 8.86. The molecule has 2 heterocycles. The number of rotatable bonds is 1. The van der Waals surface area contributed by atoms with E-state index in [-0.39, 0.29) is 0 Å². The highest BCUT2D eigenvalue weighted by molar-refractivity contribution is 5.44. The van der Waals surface area contributed by atoms with Crippen LogP contribution in [0.5, 0.6) is 0 Å². The van der Waals surface area contributed by atoms with E-state index in [0.29, 0.717) is 17.8 Å². The normalized spacial score (nSPS) is 21.6. The van der Waals surface area contributed by atoms with E-state index in [2.05, 4.69) is 35.8 Å². The molecule has 0 fully saturated rings. The molecule has 76 valence electrons. The first-order chi connectivity index (χ1) is 6.61.